The van der Waals surface area contributed by atoms with Gasteiger partial charge in [-0.15, -0.1) is 5.10 Å². The van der Waals surface area contributed by atoms with Crippen LogP contribution in [0.3, 0.4) is 0 Å². The van der Waals surface area contributed by atoms with Gasteiger partial charge in [-0.2, -0.15) is 0 Å². The second kappa shape index (κ2) is 6.58. The number of likely N-dealkylation sites (N-methyl/N-ethyl adjacent to an activating group) is 1. The van der Waals surface area contributed by atoms with Crippen molar-refractivity contribution in [2.24, 2.45) is 0 Å². The molecular formula is C15H23N5O2. The van der Waals surface area contributed by atoms with Crippen LogP contribution in [0.4, 0.5) is 0 Å². The topological polar surface area (TPSA) is 63.5 Å². The summed E-state index contributed by atoms with van der Waals surface area (Å²) in [5, 5.41) is 8.01. The number of carbonyl (C=O) groups excluding carboxylic acids is 1. The number of hydrogen-bond acceptors (Lipinski definition) is 5. The minimum Gasteiger partial charge on any atom is -0.377 e. The van der Waals surface area contributed by atoms with Crippen LogP contribution >= 0.6 is 0 Å². The maximum Gasteiger partial charge on any atom is 0.226 e. The SMILES string of the molecule is CN(C)[C@@H]1CN(C(=O)CC2=CCOCC2)C[C@@H]1n1ccnn1. The normalized spacial score (nSPS) is 25.6. The summed E-state index contributed by atoms with van der Waals surface area (Å²) in [6.07, 6.45) is 6.97. The fourth-order valence-electron chi connectivity index (χ4n) is 3.17. The van der Waals surface area contributed by atoms with E-state index in [2.05, 4.69) is 15.2 Å². The number of amides is 1. The lowest BCUT2D eigenvalue weighted by molar-refractivity contribution is -0.129. The van der Waals surface area contributed by atoms with Gasteiger partial charge in [-0.25, -0.2) is 4.68 Å². The lowest BCUT2D eigenvalue weighted by Gasteiger charge is -2.24. The average Bonchev–Trinajstić information content (AvgIpc) is 3.17. The van der Waals surface area contributed by atoms with Gasteiger partial charge in [-0.05, 0) is 20.5 Å². The van der Waals surface area contributed by atoms with Crippen molar-refractivity contribution in [2.45, 2.75) is 24.9 Å². The maximum absolute atomic E-state index is 12.6. The second-order valence-electron chi connectivity index (χ2n) is 6.14. The number of aromatic nitrogens is 3. The summed E-state index contributed by atoms with van der Waals surface area (Å²) in [4.78, 5) is 16.7. The van der Waals surface area contributed by atoms with E-state index >= 15 is 0 Å². The van der Waals surface area contributed by atoms with Gasteiger partial charge in [0.25, 0.3) is 0 Å². The van der Waals surface area contributed by atoms with E-state index in [9.17, 15) is 4.79 Å². The van der Waals surface area contributed by atoms with Crippen molar-refractivity contribution in [1.29, 1.82) is 0 Å². The highest BCUT2D eigenvalue weighted by Gasteiger charge is 2.38. The molecule has 1 aromatic rings. The van der Waals surface area contributed by atoms with Crippen molar-refractivity contribution in [3.05, 3.63) is 24.0 Å². The Bertz CT molecular complexity index is 540. The molecule has 0 N–H and O–H groups in total. The summed E-state index contributed by atoms with van der Waals surface area (Å²) >= 11 is 0. The van der Waals surface area contributed by atoms with Gasteiger partial charge in [-0.3, -0.25) is 4.79 Å². The molecule has 2 aliphatic rings. The first-order chi connectivity index (χ1) is 10.6. The molecule has 0 bridgehead atoms. The molecular weight excluding hydrogens is 282 g/mol. The van der Waals surface area contributed by atoms with E-state index in [1.165, 1.54) is 5.57 Å². The monoisotopic (exact) mass is 305 g/mol. The molecule has 120 valence electrons. The summed E-state index contributed by atoms with van der Waals surface area (Å²) < 4.78 is 7.16. The number of carbonyl (C=O) groups is 1. The van der Waals surface area contributed by atoms with Crippen molar-refractivity contribution >= 4 is 5.91 Å². The van der Waals surface area contributed by atoms with Crippen molar-refractivity contribution < 1.29 is 9.53 Å². The Labute approximate surface area is 130 Å². The molecule has 0 aliphatic carbocycles. The third kappa shape index (κ3) is 3.20. The third-order valence-corrected chi connectivity index (χ3v) is 4.49. The van der Waals surface area contributed by atoms with Crippen LogP contribution in [-0.2, 0) is 9.53 Å². The predicted molar refractivity (Wildman–Crippen MR) is 81.3 cm³/mol. The minimum atomic E-state index is 0.158. The Morgan fingerprint density at radius 3 is 2.95 bits per heavy atom. The number of hydrogen-bond donors (Lipinski definition) is 0. The molecule has 1 aromatic heterocycles. The van der Waals surface area contributed by atoms with Crippen LogP contribution in [0.15, 0.2) is 24.0 Å². The van der Waals surface area contributed by atoms with Crippen LogP contribution < -0.4 is 0 Å². The fraction of sp³-hybridized carbons (Fsp3) is 0.667. The number of nitrogens with zero attached hydrogens (tertiary/aromatic N) is 5. The third-order valence-electron chi connectivity index (χ3n) is 4.49. The van der Waals surface area contributed by atoms with Crippen molar-refractivity contribution in [1.82, 2.24) is 24.8 Å². The van der Waals surface area contributed by atoms with Gasteiger partial charge in [0.1, 0.15) is 0 Å². The van der Waals surface area contributed by atoms with Gasteiger partial charge in [0, 0.05) is 25.7 Å². The minimum absolute atomic E-state index is 0.158. The fourth-order valence-corrected chi connectivity index (χ4v) is 3.17. The highest BCUT2D eigenvalue weighted by atomic mass is 16.5. The van der Waals surface area contributed by atoms with E-state index in [0.717, 1.165) is 19.6 Å². The van der Waals surface area contributed by atoms with Gasteiger partial charge in [0.15, 0.2) is 0 Å². The molecule has 7 heteroatoms. The first-order valence-electron chi connectivity index (χ1n) is 7.71. The molecule has 0 aromatic carbocycles. The lowest BCUT2D eigenvalue weighted by atomic mass is 10.1. The smallest absolute Gasteiger partial charge is 0.226 e. The van der Waals surface area contributed by atoms with Gasteiger partial charge in [-0.1, -0.05) is 16.9 Å². The molecule has 22 heavy (non-hydrogen) atoms. The molecule has 1 amide bonds. The molecule has 2 aliphatic heterocycles. The van der Waals surface area contributed by atoms with Gasteiger partial charge >= 0.3 is 0 Å². The van der Waals surface area contributed by atoms with Crippen molar-refractivity contribution in [3.63, 3.8) is 0 Å². The van der Waals surface area contributed by atoms with Gasteiger partial charge < -0.3 is 14.5 Å². The summed E-state index contributed by atoms with van der Waals surface area (Å²) in [6.45, 7) is 2.78. The summed E-state index contributed by atoms with van der Waals surface area (Å²) in [5.74, 6) is 0.197. The summed E-state index contributed by atoms with van der Waals surface area (Å²) in [6, 6.07) is 0.416. The van der Waals surface area contributed by atoms with Gasteiger partial charge in [0.2, 0.25) is 5.91 Å². The first kappa shape index (κ1) is 15.2. The van der Waals surface area contributed by atoms with Gasteiger partial charge in [0.05, 0.1) is 31.5 Å². The molecule has 3 rings (SSSR count). The second-order valence-corrected chi connectivity index (χ2v) is 6.14. The lowest BCUT2D eigenvalue weighted by Crippen LogP contribution is -2.37. The van der Waals surface area contributed by atoms with E-state index in [-0.39, 0.29) is 18.0 Å². The van der Waals surface area contributed by atoms with E-state index < -0.39 is 0 Å². The zero-order valence-electron chi connectivity index (χ0n) is 13.2. The van der Waals surface area contributed by atoms with E-state index in [1.807, 2.05) is 35.9 Å². The Morgan fingerprint density at radius 2 is 2.32 bits per heavy atom. The highest BCUT2D eigenvalue weighted by molar-refractivity contribution is 5.79. The molecule has 1 saturated heterocycles. The Balaban J connectivity index is 1.67. The number of rotatable bonds is 4. The Kier molecular flexibility index (Phi) is 4.54. The van der Waals surface area contributed by atoms with E-state index in [0.29, 0.717) is 19.6 Å². The Hall–Kier alpha value is -1.73. The standard InChI is InChI=1S/C15H23N5O2/c1-18(2)13-10-19(11-14(13)20-6-5-16-17-20)15(21)9-12-3-7-22-8-4-12/h3,5-6,13-14H,4,7-11H2,1-2H3/t13-,14+/m1/s1. The zero-order chi connectivity index (χ0) is 15.5. The molecule has 1 fully saturated rings. The van der Waals surface area contributed by atoms with Crippen molar-refractivity contribution in [3.8, 4) is 0 Å². The van der Waals surface area contributed by atoms with E-state index in [1.54, 1.807) is 6.20 Å². The molecule has 0 spiro atoms. The van der Waals surface area contributed by atoms with Crippen molar-refractivity contribution in [2.75, 3.05) is 40.4 Å². The molecule has 0 saturated carbocycles. The average molecular weight is 305 g/mol. The quantitative estimate of drug-likeness (QED) is 0.750. The highest BCUT2D eigenvalue weighted by Crippen LogP contribution is 2.26. The molecule has 2 atom stereocenters. The number of ether oxygens (including phenoxy) is 1. The van der Waals surface area contributed by atoms with Crippen LogP contribution in [0.2, 0.25) is 0 Å². The van der Waals surface area contributed by atoms with Crippen LogP contribution in [0.25, 0.3) is 0 Å². The predicted octanol–water partition coefficient (Wildman–Crippen LogP) is 0.328. The van der Waals surface area contributed by atoms with Crippen LogP contribution in [0.1, 0.15) is 18.9 Å². The molecule has 7 nitrogen and oxygen atoms in total. The molecule has 0 unspecified atom stereocenters. The molecule has 0 radical (unpaired) electrons. The Morgan fingerprint density at radius 1 is 1.45 bits per heavy atom. The summed E-state index contributed by atoms with van der Waals surface area (Å²) in [7, 11) is 4.09. The largest absolute Gasteiger partial charge is 0.377 e. The molecule has 3 heterocycles. The maximum atomic E-state index is 12.6. The summed E-state index contributed by atoms with van der Waals surface area (Å²) in [5.41, 5.74) is 1.20. The number of likely N-dealkylation sites (tertiary alicyclic amines) is 1. The van der Waals surface area contributed by atoms with Crippen LogP contribution in [-0.4, -0.2) is 77.1 Å². The van der Waals surface area contributed by atoms with Crippen LogP contribution in [0, 0.1) is 0 Å². The zero-order valence-corrected chi connectivity index (χ0v) is 13.2. The first-order valence-corrected chi connectivity index (χ1v) is 7.71. The van der Waals surface area contributed by atoms with Crippen LogP contribution in [0.5, 0.6) is 0 Å². The van der Waals surface area contributed by atoms with E-state index in [4.69, 9.17) is 4.74 Å².